The summed E-state index contributed by atoms with van der Waals surface area (Å²) >= 11 is 0. The lowest BCUT2D eigenvalue weighted by atomic mass is 9.96. The van der Waals surface area contributed by atoms with Crippen LogP contribution in [0.25, 0.3) is 0 Å². The van der Waals surface area contributed by atoms with Gasteiger partial charge in [-0.05, 0) is 18.8 Å². The Morgan fingerprint density at radius 3 is 2.12 bits per heavy atom. The van der Waals surface area contributed by atoms with E-state index in [9.17, 15) is 4.57 Å². The number of hydrogen-bond acceptors (Lipinski definition) is 2. The van der Waals surface area contributed by atoms with Crippen LogP contribution in [-0.2, 0) is 9.09 Å². The molecule has 0 unspecified atom stereocenters. The molecule has 0 aliphatic carbocycles. The average Bonchev–Trinajstić information content (AvgIpc) is 2.25. The molecule has 2 N–H and O–H groups in total. The van der Waals surface area contributed by atoms with Gasteiger partial charge in [0.15, 0.2) is 0 Å². The summed E-state index contributed by atoms with van der Waals surface area (Å²) in [6.45, 7) is 4.49. The molecule has 104 valence electrons. The lowest BCUT2D eigenvalue weighted by Crippen LogP contribution is -2.09. The van der Waals surface area contributed by atoms with E-state index in [4.69, 9.17) is 9.79 Å². The van der Waals surface area contributed by atoms with Crippen molar-refractivity contribution in [1.82, 2.24) is 0 Å². The van der Waals surface area contributed by atoms with Gasteiger partial charge in [-0.3, -0.25) is 4.52 Å². The summed E-state index contributed by atoms with van der Waals surface area (Å²) in [4.78, 5) is 17.4. The molecule has 17 heavy (non-hydrogen) atoms. The van der Waals surface area contributed by atoms with Gasteiger partial charge in [-0.15, -0.1) is 0 Å². The number of unbranched alkanes of at least 4 members (excludes halogenated alkanes) is 4. The van der Waals surface area contributed by atoms with Crippen LogP contribution in [0.3, 0.4) is 0 Å². The fourth-order valence-electron chi connectivity index (χ4n) is 1.87. The van der Waals surface area contributed by atoms with Crippen molar-refractivity contribution in [3.05, 3.63) is 0 Å². The second-order valence-electron chi connectivity index (χ2n) is 4.64. The van der Waals surface area contributed by atoms with E-state index in [0.29, 0.717) is 5.92 Å². The number of phosphoric ester groups is 1. The summed E-state index contributed by atoms with van der Waals surface area (Å²) in [6, 6.07) is 0. The Morgan fingerprint density at radius 2 is 1.59 bits per heavy atom. The van der Waals surface area contributed by atoms with E-state index in [1.165, 1.54) is 19.3 Å². The van der Waals surface area contributed by atoms with Gasteiger partial charge in [0.1, 0.15) is 0 Å². The zero-order valence-electron chi connectivity index (χ0n) is 11.1. The molecule has 0 aromatic carbocycles. The maximum atomic E-state index is 10.7. The molecule has 0 rings (SSSR count). The first kappa shape index (κ1) is 17.1. The number of rotatable bonds is 11. The Balaban J connectivity index is 3.83. The number of phosphoric acid groups is 1. The lowest BCUT2D eigenvalue weighted by Gasteiger charge is -2.16. The van der Waals surface area contributed by atoms with Gasteiger partial charge in [-0.1, -0.05) is 52.4 Å². The van der Waals surface area contributed by atoms with Crippen LogP contribution < -0.4 is 0 Å². The largest absolute Gasteiger partial charge is 0.469 e. The Hall–Kier alpha value is 0.110. The van der Waals surface area contributed by atoms with Crippen molar-refractivity contribution in [3.8, 4) is 0 Å². The number of hydrogen-bond donors (Lipinski definition) is 2. The van der Waals surface area contributed by atoms with Crippen molar-refractivity contribution in [2.75, 3.05) is 6.61 Å². The molecule has 0 saturated heterocycles. The van der Waals surface area contributed by atoms with Gasteiger partial charge in [-0.2, -0.15) is 0 Å². The fourth-order valence-corrected chi connectivity index (χ4v) is 2.27. The van der Waals surface area contributed by atoms with Gasteiger partial charge in [0.2, 0.25) is 0 Å². The Morgan fingerprint density at radius 1 is 1.00 bits per heavy atom. The molecule has 0 bridgehead atoms. The topological polar surface area (TPSA) is 66.8 Å². The third-order valence-electron chi connectivity index (χ3n) is 2.91. The van der Waals surface area contributed by atoms with E-state index in [0.717, 1.165) is 32.1 Å². The quantitative estimate of drug-likeness (QED) is 0.440. The standard InChI is InChI=1S/C12H27O4P/c1-3-5-7-8-10-12(9-6-4-2)11-16-17(13,14)15/h12H,3-11H2,1-2H3,(H2,13,14,15)/t12-/m0/s1. The van der Waals surface area contributed by atoms with E-state index in [1.807, 2.05) is 0 Å². The predicted molar refractivity (Wildman–Crippen MR) is 69.8 cm³/mol. The maximum absolute atomic E-state index is 10.7. The molecule has 0 aliphatic heterocycles. The summed E-state index contributed by atoms with van der Waals surface area (Å²) < 4.78 is 15.3. The van der Waals surface area contributed by atoms with E-state index in [2.05, 4.69) is 18.4 Å². The maximum Gasteiger partial charge on any atom is 0.469 e. The summed E-state index contributed by atoms with van der Waals surface area (Å²) in [5.74, 6) is 0.291. The Kier molecular flexibility index (Phi) is 10.1. The van der Waals surface area contributed by atoms with Crippen molar-refractivity contribution in [2.24, 2.45) is 5.92 Å². The molecule has 0 amide bonds. The predicted octanol–water partition coefficient (Wildman–Crippen LogP) is 3.87. The van der Waals surface area contributed by atoms with Crippen LogP contribution in [0.4, 0.5) is 0 Å². The van der Waals surface area contributed by atoms with Gasteiger partial charge in [0.25, 0.3) is 0 Å². The van der Waals surface area contributed by atoms with Gasteiger partial charge in [0, 0.05) is 0 Å². The van der Waals surface area contributed by atoms with E-state index in [1.54, 1.807) is 0 Å². The molecule has 1 atom stereocenters. The highest BCUT2D eigenvalue weighted by Crippen LogP contribution is 2.37. The molecule has 0 aliphatic rings. The molecule has 0 heterocycles. The van der Waals surface area contributed by atoms with Crippen molar-refractivity contribution >= 4 is 7.82 Å². The molecule has 0 aromatic rings. The van der Waals surface area contributed by atoms with E-state index in [-0.39, 0.29) is 6.61 Å². The second-order valence-corrected chi connectivity index (χ2v) is 5.88. The third kappa shape index (κ3) is 12.4. The third-order valence-corrected chi connectivity index (χ3v) is 3.40. The summed E-state index contributed by atoms with van der Waals surface area (Å²) in [5, 5.41) is 0. The Labute approximate surface area is 105 Å². The SMILES string of the molecule is CCCCCC[C@H](CCCC)COP(=O)(O)O. The van der Waals surface area contributed by atoms with Gasteiger partial charge >= 0.3 is 7.82 Å². The van der Waals surface area contributed by atoms with Crippen molar-refractivity contribution in [2.45, 2.75) is 65.2 Å². The first-order valence-corrected chi connectivity index (χ1v) is 8.22. The van der Waals surface area contributed by atoms with Gasteiger partial charge in [-0.25, -0.2) is 4.57 Å². The van der Waals surface area contributed by atoms with Gasteiger partial charge < -0.3 is 9.79 Å². The second kappa shape index (κ2) is 10.1. The average molecular weight is 266 g/mol. The summed E-state index contributed by atoms with van der Waals surface area (Å²) in [5.41, 5.74) is 0. The minimum atomic E-state index is -4.30. The van der Waals surface area contributed by atoms with Crippen molar-refractivity contribution in [3.63, 3.8) is 0 Å². The van der Waals surface area contributed by atoms with Crippen LogP contribution in [0.15, 0.2) is 0 Å². The van der Waals surface area contributed by atoms with Gasteiger partial charge in [0.05, 0.1) is 6.61 Å². The van der Waals surface area contributed by atoms with Crippen molar-refractivity contribution < 1.29 is 18.9 Å². The zero-order valence-corrected chi connectivity index (χ0v) is 12.0. The molecule has 0 saturated carbocycles. The van der Waals surface area contributed by atoms with E-state index < -0.39 is 7.82 Å². The first-order valence-electron chi connectivity index (χ1n) is 6.69. The fraction of sp³-hybridized carbons (Fsp3) is 1.00. The molecule has 5 heteroatoms. The van der Waals surface area contributed by atoms with Crippen LogP contribution in [0.5, 0.6) is 0 Å². The molecular formula is C12H27O4P. The lowest BCUT2D eigenvalue weighted by molar-refractivity contribution is 0.157. The van der Waals surface area contributed by atoms with Crippen LogP contribution in [0.1, 0.15) is 65.2 Å². The molecule has 4 nitrogen and oxygen atoms in total. The normalized spacial score (nSPS) is 13.9. The summed E-state index contributed by atoms with van der Waals surface area (Å²) in [7, 11) is -4.30. The van der Waals surface area contributed by atoms with Crippen molar-refractivity contribution in [1.29, 1.82) is 0 Å². The molecule has 0 radical (unpaired) electrons. The highest BCUT2D eigenvalue weighted by Gasteiger charge is 2.17. The first-order chi connectivity index (χ1) is 7.99. The highest BCUT2D eigenvalue weighted by molar-refractivity contribution is 7.46. The van der Waals surface area contributed by atoms with Crippen LogP contribution in [0.2, 0.25) is 0 Å². The molecular weight excluding hydrogens is 239 g/mol. The monoisotopic (exact) mass is 266 g/mol. The highest BCUT2D eigenvalue weighted by atomic mass is 31.2. The van der Waals surface area contributed by atoms with E-state index >= 15 is 0 Å². The smallest absolute Gasteiger partial charge is 0.303 e. The minimum absolute atomic E-state index is 0.191. The minimum Gasteiger partial charge on any atom is -0.303 e. The summed E-state index contributed by atoms with van der Waals surface area (Å²) in [6.07, 6.45) is 9.01. The van der Waals surface area contributed by atoms with Crippen LogP contribution in [0, 0.1) is 5.92 Å². The van der Waals surface area contributed by atoms with Crippen LogP contribution in [-0.4, -0.2) is 16.4 Å². The molecule has 0 aromatic heterocycles. The van der Waals surface area contributed by atoms with Crippen LogP contribution >= 0.6 is 7.82 Å². The molecule has 0 fully saturated rings. The Bertz CT molecular complexity index is 215. The molecule has 0 spiro atoms. The zero-order chi connectivity index (χ0) is 13.1.